The topological polar surface area (TPSA) is 80.6 Å². The summed E-state index contributed by atoms with van der Waals surface area (Å²) in [6.07, 6.45) is 3.00. The lowest BCUT2D eigenvalue weighted by Gasteiger charge is -2.17. The Morgan fingerprint density at radius 1 is 1.00 bits per heavy atom. The van der Waals surface area contributed by atoms with E-state index in [2.05, 4.69) is 10.6 Å². The molecule has 3 aromatic rings. The second-order valence-electron chi connectivity index (χ2n) is 6.36. The van der Waals surface area contributed by atoms with E-state index >= 15 is 0 Å². The van der Waals surface area contributed by atoms with Gasteiger partial charge >= 0.3 is 0 Å². The number of amides is 2. The average molecular weight is 390 g/mol. The van der Waals surface area contributed by atoms with Gasteiger partial charge < -0.3 is 19.8 Å². The normalized spacial score (nSPS) is 12.1. The molecular formula is C23H22N2O4. The quantitative estimate of drug-likeness (QED) is 0.599. The van der Waals surface area contributed by atoms with Crippen molar-refractivity contribution in [3.05, 3.63) is 95.6 Å². The van der Waals surface area contributed by atoms with Crippen LogP contribution in [0.4, 0.5) is 0 Å². The van der Waals surface area contributed by atoms with Crippen LogP contribution in [0.15, 0.2) is 83.1 Å². The van der Waals surface area contributed by atoms with Crippen LogP contribution in [0.5, 0.6) is 5.75 Å². The molecule has 0 aliphatic heterocycles. The van der Waals surface area contributed by atoms with E-state index in [0.717, 1.165) is 11.3 Å². The maximum Gasteiger partial charge on any atom is 0.268 e. The number of hydrogen-bond acceptors (Lipinski definition) is 4. The molecule has 0 bridgehead atoms. The van der Waals surface area contributed by atoms with Gasteiger partial charge in [0.2, 0.25) is 0 Å². The number of carbonyl (C=O) groups excluding carboxylic acids is 2. The fourth-order valence-corrected chi connectivity index (χ4v) is 2.71. The van der Waals surface area contributed by atoms with Crippen LogP contribution in [0.3, 0.4) is 0 Å². The van der Waals surface area contributed by atoms with E-state index < -0.39 is 5.91 Å². The second-order valence-corrected chi connectivity index (χ2v) is 6.36. The van der Waals surface area contributed by atoms with Crippen LogP contribution in [0.25, 0.3) is 6.08 Å². The third kappa shape index (κ3) is 5.35. The molecule has 1 atom stereocenters. The summed E-state index contributed by atoms with van der Waals surface area (Å²) >= 11 is 0. The van der Waals surface area contributed by atoms with Gasteiger partial charge in [0.15, 0.2) is 0 Å². The molecule has 2 amide bonds. The summed E-state index contributed by atoms with van der Waals surface area (Å²) in [5.74, 6) is 0.395. The van der Waals surface area contributed by atoms with Crippen LogP contribution in [0.2, 0.25) is 0 Å². The first-order valence-corrected chi connectivity index (χ1v) is 9.13. The van der Waals surface area contributed by atoms with Crippen LogP contribution < -0.4 is 15.4 Å². The van der Waals surface area contributed by atoms with Gasteiger partial charge in [-0.2, -0.15) is 0 Å². The predicted molar refractivity (Wildman–Crippen MR) is 110 cm³/mol. The van der Waals surface area contributed by atoms with Gasteiger partial charge in [0.05, 0.1) is 19.4 Å². The standard InChI is InChI=1S/C23H22N2O4/c1-16(17-10-12-19(28-2)13-11-17)24-23(27)21(15-20-9-6-14-29-20)25-22(26)18-7-4-3-5-8-18/h3-16H,1-2H3,(H,24,27)(H,25,26)/b21-15-/t16-/m0/s1. The maximum absolute atomic E-state index is 12.9. The minimum Gasteiger partial charge on any atom is -0.497 e. The van der Waals surface area contributed by atoms with Gasteiger partial charge in [-0.25, -0.2) is 0 Å². The lowest BCUT2D eigenvalue weighted by atomic mass is 10.1. The number of benzene rings is 2. The average Bonchev–Trinajstić information content (AvgIpc) is 3.27. The maximum atomic E-state index is 12.9. The van der Waals surface area contributed by atoms with Crippen molar-refractivity contribution in [3.63, 3.8) is 0 Å². The molecular weight excluding hydrogens is 368 g/mol. The summed E-state index contributed by atoms with van der Waals surface area (Å²) in [6, 6.07) is 19.2. The van der Waals surface area contributed by atoms with Crippen molar-refractivity contribution in [2.45, 2.75) is 13.0 Å². The molecule has 3 rings (SSSR count). The molecule has 0 saturated carbocycles. The van der Waals surface area contributed by atoms with Crippen molar-refractivity contribution in [1.29, 1.82) is 0 Å². The molecule has 29 heavy (non-hydrogen) atoms. The van der Waals surface area contributed by atoms with Gasteiger partial charge in [-0.15, -0.1) is 0 Å². The van der Waals surface area contributed by atoms with Gasteiger partial charge in [0.1, 0.15) is 17.2 Å². The highest BCUT2D eigenvalue weighted by molar-refractivity contribution is 6.05. The van der Waals surface area contributed by atoms with E-state index in [0.29, 0.717) is 11.3 Å². The molecule has 0 radical (unpaired) electrons. The number of nitrogens with one attached hydrogen (secondary N) is 2. The monoisotopic (exact) mass is 390 g/mol. The van der Waals surface area contributed by atoms with Crippen LogP contribution in [-0.2, 0) is 4.79 Å². The Labute approximate surface area is 169 Å². The smallest absolute Gasteiger partial charge is 0.268 e. The van der Waals surface area contributed by atoms with E-state index in [1.54, 1.807) is 43.5 Å². The molecule has 0 fully saturated rings. The van der Waals surface area contributed by atoms with Crippen molar-refractivity contribution in [3.8, 4) is 5.75 Å². The number of rotatable bonds is 7. The van der Waals surface area contributed by atoms with Crippen LogP contribution >= 0.6 is 0 Å². The minimum absolute atomic E-state index is 0.0918. The minimum atomic E-state index is -0.422. The number of carbonyl (C=O) groups is 2. The zero-order valence-electron chi connectivity index (χ0n) is 16.2. The molecule has 148 valence electrons. The molecule has 1 aromatic heterocycles. The molecule has 2 N–H and O–H groups in total. The molecule has 0 saturated heterocycles. The highest BCUT2D eigenvalue weighted by Crippen LogP contribution is 2.18. The SMILES string of the molecule is COc1ccc([C@H](C)NC(=O)/C(=C/c2ccco2)NC(=O)c2ccccc2)cc1. The summed E-state index contributed by atoms with van der Waals surface area (Å²) in [6.45, 7) is 1.86. The van der Waals surface area contributed by atoms with Gasteiger partial charge in [-0.3, -0.25) is 9.59 Å². The summed E-state index contributed by atoms with van der Waals surface area (Å²) in [5, 5.41) is 5.58. The Morgan fingerprint density at radius 2 is 1.72 bits per heavy atom. The number of hydrogen-bond donors (Lipinski definition) is 2. The largest absolute Gasteiger partial charge is 0.497 e. The van der Waals surface area contributed by atoms with Gasteiger partial charge in [-0.05, 0) is 48.9 Å². The molecule has 6 heteroatoms. The zero-order valence-corrected chi connectivity index (χ0v) is 16.2. The van der Waals surface area contributed by atoms with E-state index in [9.17, 15) is 9.59 Å². The van der Waals surface area contributed by atoms with E-state index in [1.807, 2.05) is 37.3 Å². The van der Waals surface area contributed by atoms with Gasteiger partial charge in [0, 0.05) is 11.6 Å². The van der Waals surface area contributed by atoms with E-state index in [4.69, 9.17) is 9.15 Å². The van der Waals surface area contributed by atoms with Crippen LogP contribution in [-0.4, -0.2) is 18.9 Å². The van der Waals surface area contributed by atoms with Crippen LogP contribution in [0.1, 0.15) is 34.6 Å². The van der Waals surface area contributed by atoms with Gasteiger partial charge in [0.25, 0.3) is 11.8 Å². The number of ether oxygens (including phenoxy) is 1. The zero-order chi connectivity index (χ0) is 20.6. The van der Waals surface area contributed by atoms with Crippen LogP contribution in [0, 0.1) is 0 Å². The lowest BCUT2D eigenvalue weighted by Crippen LogP contribution is -2.36. The van der Waals surface area contributed by atoms with E-state index in [-0.39, 0.29) is 17.6 Å². The second kappa shape index (κ2) is 9.41. The summed E-state index contributed by atoms with van der Waals surface area (Å²) in [4.78, 5) is 25.4. The lowest BCUT2D eigenvalue weighted by molar-refractivity contribution is -0.118. The molecule has 2 aromatic carbocycles. The first kappa shape index (κ1) is 19.9. The molecule has 0 unspecified atom stereocenters. The van der Waals surface area contributed by atoms with E-state index in [1.165, 1.54) is 12.3 Å². The number of furan rings is 1. The first-order chi connectivity index (χ1) is 14.1. The Kier molecular flexibility index (Phi) is 6.47. The summed E-state index contributed by atoms with van der Waals surface area (Å²) in [5.41, 5.74) is 1.45. The molecule has 0 spiro atoms. The molecule has 0 aliphatic carbocycles. The third-order valence-corrected chi connectivity index (χ3v) is 4.32. The molecule has 0 aliphatic rings. The van der Waals surface area contributed by atoms with Crippen molar-refractivity contribution >= 4 is 17.9 Å². The van der Waals surface area contributed by atoms with Gasteiger partial charge in [-0.1, -0.05) is 30.3 Å². The highest BCUT2D eigenvalue weighted by Gasteiger charge is 2.18. The van der Waals surface area contributed by atoms with Crippen molar-refractivity contribution < 1.29 is 18.7 Å². The van der Waals surface area contributed by atoms with Crippen molar-refractivity contribution in [2.75, 3.05) is 7.11 Å². The Hall–Kier alpha value is -3.80. The summed E-state index contributed by atoms with van der Waals surface area (Å²) in [7, 11) is 1.60. The predicted octanol–water partition coefficient (Wildman–Crippen LogP) is 3.94. The number of methoxy groups -OCH3 is 1. The molecule has 6 nitrogen and oxygen atoms in total. The fourth-order valence-electron chi connectivity index (χ4n) is 2.71. The highest BCUT2D eigenvalue weighted by atomic mass is 16.5. The molecule has 1 heterocycles. The van der Waals surface area contributed by atoms with Crippen molar-refractivity contribution in [1.82, 2.24) is 10.6 Å². The van der Waals surface area contributed by atoms with Crippen molar-refractivity contribution in [2.24, 2.45) is 0 Å². The fraction of sp³-hybridized carbons (Fsp3) is 0.130. The Bertz CT molecular complexity index is 977. The third-order valence-electron chi connectivity index (χ3n) is 4.32. The Morgan fingerprint density at radius 3 is 2.34 bits per heavy atom. The Balaban J connectivity index is 1.77. The first-order valence-electron chi connectivity index (χ1n) is 9.13. The summed E-state index contributed by atoms with van der Waals surface area (Å²) < 4.78 is 10.5.